The van der Waals surface area contributed by atoms with Crippen molar-refractivity contribution in [3.63, 3.8) is 0 Å². The Bertz CT molecular complexity index is 438. The number of carboxylic acid groups (broad SMARTS) is 1. The first-order chi connectivity index (χ1) is 8.04. The van der Waals surface area contributed by atoms with E-state index in [1.54, 1.807) is 12.1 Å². The highest BCUT2D eigenvalue weighted by Gasteiger charge is 2.21. The Hall–Kier alpha value is -2.09. The Morgan fingerprint density at radius 1 is 1.65 bits per heavy atom. The van der Waals surface area contributed by atoms with Crippen molar-refractivity contribution in [3.05, 3.63) is 23.9 Å². The molecule has 1 rings (SSSR count). The van der Waals surface area contributed by atoms with Crippen molar-refractivity contribution in [2.45, 2.75) is 13.8 Å². The highest BCUT2D eigenvalue weighted by molar-refractivity contribution is 5.71. The molecule has 0 amide bonds. The highest BCUT2D eigenvalue weighted by Crippen LogP contribution is 2.13. The minimum Gasteiger partial charge on any atom is -0.481 e. The van der Waals surface area contributed by atoms with Gasteiger partial charge in [0.05, 0.1) is 17.6 Å². The van der Waals surface area contributed by atoms with Crippen molar-refractivity contribution in [2.24, 2.45) is 11.8 Å². The summed E-state index contributed by atoms with van der Waals surface area (Å²) < 4.78 is 0. The smallest absolute Gasteiger partial charge is 0.308 e. The van der Waals surface area contributed by atoms with Crippen molar-refractivity contribution in [3.8, 4) is 6.07 Å². The van der Waals surface area contributed by atoms with E-state index >= 15 is 0 Å². The van der Waals surface area contributed by atoms with Crippen LogP contribution in [0.5, 0.6) is 0 Å². The van der Waals surface area contributed by atoms with Crippen LogP contribution in [0.25, 0.3) is 0 Å². The van der Waals surface area contributed by atoms with Crippen molar-refractivity contribution in [2.75, 3.05) is 11.9 Å². The second-order valence-electron chi connectivity index (χ2n) is 4.11. The lowest BCUT2D eigenvalue weighted by molar-refractivity contribution is -0.142. The summed E-state index contributed by atoms with van der Waals surface area (Å²) in [5.74, 6) is -0.735. The Morgan fingerprint density at radius 3 is 2.88 bits per heavy atom. The van der Waals surface area contributed by atoms with Gasteiger partial charge in [-0.25, -0.2) is 4.98 Å². The molecule has 0 fully saturated rings. The summed E-state index contributed by atoms with van der Waals surface area (Å²) in [5.41, 5.74) is 0.499. The van der Waals surface area contributed by atoms with Crippen LogP contribution in [0.15, 0.2) is 18.3 Å². The van der Waals surface area contributed by atoms with E-state index < -0.39 is 11.9 Å². The first-order valence-corrected chi connectivity index (χ1v) is 5.37. The third-order valence-electron chi connectivity index (χ3n) is 2.51. The average molecular weight is 233 g/mol. The number of hydrogen-bond donors (Lipinski definition) is 2. The third kappa shape index (κ3) is 3.76. The molecule has 0 aromatic carbocycles. The lowest BCUT2D eigenvalue weighted by Crippen LogP contribution is -2.27. The van der Waals surface area contributed by atoms with Crippen LogP contribution in [-0.2, 0) is 4.79 Å². The summed E-state index contributed by atoms with van der Waals surface area (Å²) in [6.07, 6.45) is 1.52. The molecule has 0 saturated carbocycles. The van der Waals surface area contributed by atoms with E-state index in [1.807, 2.05) is 19.9 Å². The highest BCUT2D eigenvalue weighted by atomic mass is 16.4. The van der Waals surface area contributed by atoms with Crippen LogP contribution in [0.4, 0.5) is 5.82 Å². The minimum absolute atomic E-state index is 0.0409. The van der Waals surface area contributed by atoms with Crippen LogP contribution >= 0.6 is 0 Å². The molecule has 5 heteroatoms. The third-order valence-corrected chi connectivity index (χ3v) is 2.51. The number of aromatic nitrogens is 1. The van der Waals surface area contributed by atoms with Crippen molar-refractivity contribution in [1.29, 1.82) is 5.26 Å². The first-order valence-electron chi connectivity index (χ1n) is 5.37. The number of hydrogen-bond acceptors (Lipinski definition) is 4. The minimum atomic E-state index is -0.830. The van der Waals surface area contributed by atoms with Crippen molar-refractivity contribution >= 4 is 11.8 Å². The number of carboxylic acids is 1. The van der Waals surface area contributed by atoms with Gasteiger partial charge in [0, 0.05) is 12.7 Å². The molecule has 0 bridgehead atoms. The molecule has 1 unspecified atom stereocenters. The van der Waals surface area contributed by atoms with Gasteiger partial charge in [0.2, 0.25) is 0 Å². The maximum Gasteiger partial charge on any atom is 0.308 e. The summed E-state index contributed by atoms with van der Waals surface area (Å²) in [5, 5.41) is 20.7. The first kappa shape index (κ1) is 13.0. The molecular weight excluding hydrogens is 218 g/mol. The number of anilines is 1. The van der Waals surface area contributed by atoms with Gasteiger partial charge in [0.25, 0.3) is 0 Å². The summed E-state index contributed by atoms with van der Waals surface area (Å²) >= 11 is 0. The zero-order valence-corrected chi connectivity index (χ0v) is 9.84. The number of aliphatic carboxylic acids is 1. The van der Waals surface area contributed by atoms with Crippen molar-refractivity contribution < 1.29 is 9.90 Å². The standard InChI is InChI=1S/C12H15N3O2/c1-8(2)10(12(16)17)7-15-11-5-9(6-13)3-4-14-11/h3-5,8,10H,7H2,1-2H3,(H,14,15)(H,16,17). The molecule has 1 heterocycles. The van der Waals surface area contributed by atoms with Crippen LogP contribution in [0.2, 0.25) is 0 Å². The summed E-state index contributed by atoms with van der Waals surface area (Å²) in [6.45, 7) is 4.02. The summed E-state index contributed by atoms with van der Waals surface area (Å²) in [4.78, 5) is 15.0. The maximum atomic E-state index is 11.0. The van der Waals surface area contributed by atoms with E-state index in [4.69, 9.17) is 10.4 Å². The van der Waals surface area contributed by atoms with Gasteiger partial charge in [-0.2, -0.15) is 5.26 Å². The zero-order chi connectivity index (χ0) is 12.8. The molecule has 0 radical (unpaired) electrons. The monoisotopic (exact) mass is 233 g/mol. The molecule has 0 aliphatic heterocycles. The van der Waals surface area contributed by atoms with Crippen LogP contribution < -0.4 is 5.32 Å². The number of nitrogens with zero attached hydrogens (tertiary/aromatic N) is 2. The molecule has 0 saturated heterocycles. The van der Waals surface area contributed by atoms with Gasteiger partial charge in [-0.3, -0.25) is 4.79 Å². The van der Waals surface area contributed by atoms with Gasteiger partial charge in [0.15, 0.2) is 0 Å². The quantitative estimate of drug-likeness (QED) is 0.808. The molecule has 1 aromatic heterocycles. The van der Waals surface area contributed by atoms with E-state index in [0.29, 0.717) is 17.9 Å². The van der Waals surface area contributed by atoms with Gasteiger partial charge in [0.1, 0.15) is 5.82 Å². The Balaban J connectivity index is 2.66. The molecule has 0 spiro atoms. The molecule has 1 aromatic rings. The number of nitrogens with one attached hydrogen (secondary N) is 1. The number of carbonyl (C=O) groups is 1. The fourth-order valence-electron chi connectivity index (χ4n) is 1.42. The normalized spacial score (nSPS) is 11.9. The molecule has 2 N–H and O–H groups in total. The van der Waals surface area contributed by atoms with Gasteiger partial charge >= 0.3 is 5.97 Å². The molecular formula is C12H15N3O2. The maximum absolute atomic E-state index is 11.0. The van der Waals surface area contributed by atoms with Gasteiger partial charge < -0.3 is 10.4 Å². The predicted octanol–water partition coefficient (Wildman–Crippen LogP) is 1.72. The lowest BCUT2D eigenvalue weighted by Gasteiger charge is -2.16. The van der Waals surface area contributed by atoms with Crippen molar-refractivity contribution in [1.82, 2.24) is 4.98 Å². The lowest BCUT2D eigenvalue weighted by atomic mass is 9.96. The second kappa shape index (κ2) is 5.85. The number of pyridine rings is 1. The Morgan fingerprint density at radius 2 is 2.35 bits per heavy atom. The van der Waals surface area contributed by atoms with E-state index in [1.165, 1.54) is 6.20 Å². The molecule has 17 heavy (non-hydrogen) atoms. The predicted molar refractivity (Wildman–Crippen MR) is 63.4 cm³/mol. The van der Waals surface area contributed by atoms with E-state index in [0.717, 1.165) is 0 Å². The average Bonchev–Trinajstić information content (AvgIpc) is 2.28. The van der Waals surface area contributed by atoms with Crippen LogP contribution in [0, 0.1) is 23.2 Å². The van der Waals surface area contributed by atoms with Crippen LogP contribution in [0.1, 0.15) is 19.4 Å². The van der Waals surface area contributed by atoms with Crippen LogP contribution in [-0.4, -0.2) is 22.6 Å². The molecule has 0 aliphatic rings. The van der Waals surface area contributed by atoms with Gasteiger partial charge in [-0.15, -0.1) is 0 Å². The number of nitriles is 1. The topological polar surface area (TPSA) is 86.0 Å². The summed E-state index contributed by atoms with van der Waals surface area (Å²) in [7, 11) is 0. The van der Waals surface area contributed by atoms with E-state index in [9.17, 15) is 4.79 Å². The van der Waals surface area contributed by atoms with E-state index in [-0.39, 0.29) is 5.92 Å². The molecule has 0 aliphatic carbocycles. The molecule has 5 nitrogen and oxygen atoms in total. The Kier molecular flexibility index (Phi) is 4.46. The SMILES string of the molecule is CC(C)C(CNc1cc(C#N)ccn1)C(=O)O. The molecule has 90 valence electrons. The largest absolute Gasteiger partial charge is 0.481 e. The fourth-order valence-corrected chi connectivity index (χ4v) is 1.42. The number of rotatable bonds is 5. The molecule has 1 atom stereocenters. The van der Waals surface area contributed by atoms with Gasteiger partial charge in [-0.1, -0.05) is 13.8 Å². The van der Waals surface area contributed by atoms with Crippen LogP contribution in [0.3, 0.4) is 0 Å². The fraction of sp³-hybridized carbons (Fsp3) is 0.417. The second-order valence-corrected chi connectivity index (χ2v) is 4.11. The zero-order valence-electron chi connectivity index (χ0n) is 9.84. The van der Waals surface area contributed by atoms with Gasteiger partial charge in [-0.05, 0) is 18.1 Å². The summed E-state index contributed by atoms with van der Waals surface area (Å²) in [6, 6.07) is 5.20. The van der Waals surface area contributed by atoms with E-state index in [2.05, 4.69) is 10.3 Å². The Labute approximate surface area is 100 Å².